The van der Waals surface area contributed by atoms with Gasteiger partial charge in [-0.25, -0.2) is 0 Å². The Kier molecular flexibility index (Phi) is 6.34. The van der Waals surface area contributed by atoms with Gasteiger partial charge in [-0.2, -0.15) is 0 Å². The summed E-state index contributed by atoms with van der Waals surface area (Å²) in [6.45, 7) is 2.87. The summed E-state index contributed by atoms with van der Waals surface area (Å²) in [6, 6.07) is 7.61. The Labute approximate surface area is 118 Å². The molecule has 0 aromatic heterocycles. The first kappa shape index (κ1) is 14.0. The average Bonchev–Trinajstić information content (AvgIpc) is 2.26. The lowest BCUT2D eigenvalue weighted by atomic mass is 10.1. The summed E-state index contributed by atoms with van der Waals surface area (Å²) in [7, 11) is 0. The van der Waals surface area contributed by atoms with E-state index in [4.69, 9.17) is 0 Å². The van der Waals surface area contributed by atoms with Crippen molar-refractivity contribution in [3.63, 3.8) is 0 Å². The van der Waals surface area contributed by atoms with Crippen LogP contribution in [-0.4, -0.2) is 17.8 Å². The Hall–Kier alpha value is -0.100. The molecule has 0 bridgehead atoms. The predicted molar refractivity (Wildman–Crippen MR) is 79.1 cm³/mol. The van der Waals surface area contributed by atoms with Crippen LogP contribution in [0, 0.1) is 9.49 Å². The topological polar surface area (TPSA) is 29.1 Å². The summed E-state index contributed by atoms with van der Waals surface area (Å²) >= 11 is 5.61. The van der Waals surface area contributed by atoms with Crippen LogP contribution in [0.3, 0.4) is 0 Å². The molecule has 1 amide bonds. The van der Waals surface area contributed by atoms with Gasteiger partial charge in [0.2, 0.25) is 0 Å². The zero-order chi connectivity index (χ0) is 12.0. The average molecular weight is 396 g/mol. The normalized spacial score (nSPS) is 12.2. The van der Waals surface area contributed by atoms with Crippen molar-refractivity contribution in [1.82, 2.24) is 5.32 Å². The molecule has 0 radical (unpaired) electrons. The van der Waals surface area contributed by atoms with E-state index in [0.717, 1.165) is 27.4 Å². The fourth-order valence-electron chi connectivity index (χ4n) is 1.29. The highest BCUT2D eigenvalue weighted by molar-refractivity contribution is 14.1. The molecule has 1 rings (SSSR count). The Morgan fingerprint density at radius 3 is 2.94 bits per heavy atom. The van der Waals surface area contributed by atoms with Gasteiger partial charge in [0.1, 0.15) is 0 Å². The van der Waals surface area contributed by atoms with Crippen LogP contribution < -0.4 is 5.32 Å². The van der Waals surface area contributed by atoms with Crippen LogP contribution in [0.5, 0.6) is 0 Å². The molecule has 0 saturated heterocycles. The largest absolute Gasteiger partial charge is 0.352 e. The minimum absolute atomic E-state index is 0.0138. The third-order valence-corrected chi connectivity index (χ3v) is 3.43. The second-order valence-electron chi connectivity index (χ2n) is 3.80. The molecule has 1 N–H and O–H groups in total. The minimum atomic E-state index is 0.0138. The summed E-state index contributed by atoms with van der Waals surface area (Å²) in [5.41, 5.74) is 0.734. The summed E-state index contributed by atoms with van der Waals surface area (Å²) in [6.07, 6.45) is 1.08. The van der Waals surface area contributed by atoms with Crippen molar-refractivity contribution in [2.24, 2.45) is 5.92 Å². The van der Waals surface area contributed by atoms with E-state index in [1.807, 2.05) is 24.3 Å². The Balaban J connectivity index is 2.47. The monoisotopic (exact) mass is 395 g/mol. The first-order valence-electron chi connectivity index (χ1n) is 5.23. The maximum absolute atomic E-state index is 11.8. The number of halogens is 2. The quantitative estimate of drug-likeness (QED) is 0.600. The molecule has 0 spiro atoms. The number of alkyl halides is 1. The summed E-state index contributed by atoms with van der Waals surface area (Å²) in [4.78, 5) is 11.8. The van der Waals surface area contributed by atoms with Crippen LogP contribution in [-0.2, 0) is 0 Å². The highest BCUT2D eigenvalue weighted by Gasteiger charge is 2.07. The van der Waals surface area contributed by atoms with E-state index in [1.165, 1.54) is 0 Å². The van der Waals surface area contributed by atoms with Crippen molar-refractivity contribution in [2.75, 3.05) is 11.9 Å². The van der Waals surface area contributed by atoms with Gasteiger partial charge in [-0.15, -0.1) is 0 Å². The fraction of sp³-hybridized carbons (Fsp3) is 0.417. The molecular weight excluding hydrogens is 381 g/mol. The van der Waals surface area contributed by atoms with E-state index in [1.54, 1.807) is 0 Å². The van der Waals surface area contributed by atoms with E-state index in [2.05, 4.69) is 50.8 Å². The van der Waals surface area contributed by atoms with Crippen molar-refractivity contribution in [1.29, 1.82) is 0 Å². The first-order chi connectivity index (χ1) is 7.63. The van der Waals surface area contributed by atoms with Gasteiger partial charge < -0.3 is 5.32 Å². The molecule has 0 heterocycles. The lowest BCUT2D eigenvalue weighted by molar-refractivity contribution is 0.0948. The number of amides is 1. The summed E-state index contributed by atoms with van der Waals surface area (Å²) < 4.78 is 1.08. The van der Waals surface area contributed by atoms with E-state index in [-0.39, 0.29) is 5.91 Å². The lowest BCUT2D eigenvalue weighted by Crippen LogP contribution is -2.28. The Morgan fingerprint density at radius 1 is 1.56 bits per heavy atom. The lowest BCUT2D eigenvalue weighted by Gasteiger charge is -2.11. The number of hydrogen-bond acceptors (Lipinski definition) is 1. The van der Waals surface area contributed by atoms with Gasteiger partial charge in [-0.3, -0.25) is 4.79 Å². The van der Waals surface area contributed by atoms with Crippen LogP contribution in [0.4, 0.5) is 0 Å². The summed E-state index contributed by atoms with van der Waals surface area (Å²) in [5.74, 6) is 0.519. The van der Waals surface area contributed by atoms with E-state index in [0.29, 0.717) is 5.92 Å². The van der Waals surface area contributed by atoms with E-state index >= 15 is 0 Å². The van der Waals surface area contributed by atoms with Crippen molar-refractivity contribution in [3.05, 3.63) is 33.4 Å². The fourth-order valence-corrected chi connectivity index (χ4v) is 2.61. The van der Waals surface area contributed by atoms with Gasteiger partial charge in [-0.05, 0) is 53.1 Å². The van der Waals surface area contributed by atoms with Gasteiger partial charge in [0.25, 0.3) is 5.91 Å². The molecule has 2 nitrogen and oxygen atoms in total. The highest BCUT2D eigenvalue weighted by atomic mass is 127. The van der Waals surface area contributed by atoms with Gasteiger partial charge in [-0.1, -0.05) is 28.9 Å². The van der Waals surface area contributed by atoms with Gasteiger partial charge >= 0.3 is 0 Å². The standard InChI is InChI=1S/C12H15BrINO/c1-9(5-6-13)8-15-12(16)10-3-2-4-11(14)7-10/h2-4,7,9H,5-6,8H2,1H3,(H,15,16). The second kappa shape index (κ2) is 7.27. The van der Waals surface area contributed by atoms with Crippen molar-refractivity contribution in [2.45, 2.75) is 13.3 Å². The number of carbonyl (C=O) groups is 1. The Bertz CT molecular complexity index is 357. The van der Waals surface area contributed by atoms with Crippen molar-refractivity contribution < 1.29 is 4.79 Å². The zero-order valence-corrected chi connectivity index (χ0v) is 12.9. The Morgan fingerprint density at radius 2 is 2.31 bits per heavy atom. The molecule has 88 valence electrons. The molecule has 0 saturated carbocycles. The van der Waals surface area contributed by atoms with Crippen molar-refractivity contribution in [3.8, 4) is 0 Å². The molecular formula is C12H15BrINO. The number of nitrogens with one attached hydrogen (secondary N) is 1. The van der Waals surface area contributed by atoms with Gasteiger partial charge in [0.05, 0.1) is 0 Å². The number of carbonyl (C=O) groups excluding carboxylic acids is 1. The van der Waals surface area contributed by atoms with E-state index < -0.39 is 0 Å². The van der Waals surface area contributed by atoms with Crippen LogP contribution in [0.25, 0.3) is 0 Å². The molecule has 0 aliphatic carbocycles. The minimum Gasteiger partial charge on any atom is -0.352 e. The maximum atomic E-state index is 11.8. The SMILES string of the molecule is CC(CCBr)CNC(=O)c1cccc(I)c1. The van der Waals surface area contributed by atoms with Crippen LogP contribution >= 0.6 is 38.5 Å². The van der Waals surface area contributed by atoms with Crippen LogP contribution in [0.2, 0.25) is 0 Å². The van der Waals surface area contributed by atoms with E-state index in [9.17, 15) is 4.79 Å². The van der Waals surface area contributed by atoms with Gasteiger partial charge in [0, 0.05) is 21.0 Å². The zero-order valence-electron chi connectivity index (χ0n) is 9.17. The molecule has 1 aromatic rings. The molecule has 1 unspecified atom stereocenters. The smallest absolute Gasteiger partial charge is 0.251 e. The highest BCUT2D eigenvalue weighted by Crippen LogP contribution is 2.08. The summed E-state index contributed by atoms with van der Waals surface area (Å²) in [5, 5.41) is 3.93. The molecule has 0 fully saturated rings. The molecule has 1 atom stereocenters. The molecule has 0 aliphatic heterocycles. The number of hydrogen-bond donors (Lipinski definition) is 1. The van der Waals surface area contributed by atoms with Crippen molar-refractivity contribution >= 4 is 44.4 Å². The van der Waals surface area contributed by atoms with Crippen LogP contribution in [0.15, 0.2) is 24.3 Å². The molecule has 4 heteroatoms. The molecule has 16 heavy (non-hydrogen) atoms. The predicted octanol–water partition coefficient (Wildman–Crippen LogP) is 3.44. The van der Waals surface area contributed by atoms with Gasteiger partial charge in [0.15, 0.2) is 0 Å². The number of benzene rings is 1. The third kappa shape index (κ3) is 4.82. The molecule has 0 aliphatic rings. The van der Waals surface area contributed by atoms with Crippen LogP contribution in [0.1, 0.15) is 23.7 Å². The second-order valence-corrected chi connectivity index (χ2v) is 5.84. The molecule has 1 aromatic carbocycles. The number of rotatable bonds is 5. The third-order valence-electron chi connectivity index (χ3n) is 2.30. The maximum Gasteiger partial charge on any atom is 0.251 e. The first-order valence-corrected chi connectivity index (χ1v) is 7.43.